The van der Waals surface area contributed by atoms with Crippen molar-refractivity contribution in [2.75, 3.05) is 58.4 Å². The predicted octanol–water partition coefficient (Wildman–Crippen LogP) is 4.00. The normalized spacial score (nSPS) is 14.1. The fourth-order valence-corrected chi connectivity index (χ4v) is 4.52. The van der Waals surface area contributed by atoms with E-state index in [-0.39, 0.29) is 24.3 Å². The van der Waals surface area contributed by atoms with Crippen LogP contribution in [0.25, 0.3) is 11.3 Å². The van der Waals surface area contributed by atoms with Crippen LogP contribution in [0.3, 0.4) is 0 Å². The number of carbonyl (C=O) groups is 2. The highest BCUT2D eigenvalue weighted by Crippen LogP contribution is 2.23. The second-order valence-electron chi connectivity index (χ2n) is 9.80. The van der Waals surface area contributed by atoms with Gasteiger partial charge in [-0.3, -0.25) is 9.59 Å². The fraction of sp³-hybridized carbons (Fsp3) is 0.400. The number of piperazine rings is 1. The molecule has 0 saturated carbocycles. The van der Waals surface area contributed by atoms with Gasteiger partial charge in [0.2, 0.25) is 5.91 Å². The van der Waals surface area contributed by atoms with Crippen LogP contribution in [-0.4, -0.2) is 85.3 Å². The number of benzene rings is 2. The van der Waals surface area contributed by atoms with Crippen molar-refractivity contribution >= 4 is 17.6 Å². The highest BCUT2D eigenvalue weighted by molar-refractivity contribution is 5.96. The second-order valence-corrected chi connectivity index (χ2v) is 9.80. The molecule has 3 aromatic rings. The van der Waals surface area contributed by atoms with Crippen LogP contribution in [0.1, 0.15) is 30.6 Å². The Morgan fingerprint density at radius 1 is 0.923 bits per heavy atom. The van der Waals surface area contributed by atoms with Gasteiger partial charge >= 0.3 is 0 Å². The molecule has 0 bridgehead atoms. The second kappa shape index (κ2) is 13.1. The maximum absolute atomic E-state index is 13.3. The summed E-state index contributed by atoms with van der Waals surface area (Å²) in [5.74, 6) is 2.34. The summed E-state index contributed by atoms with van der Waals surface area (Å²) >= 11 is 0. The van der Waals surface area contributed by atoms with Gasteiger partial charge in [-0.2, -0.15) is 0 Å². The topological polar surface area (TPSA) is 88.1 Å². The summed E-state index contributed by atoms with van der Waals surface area (Å²) in [5, 5.41) is 8.84. The molecule has 9 heteroatoms. The predicted molar refractivity (Wildman–Crippen MR) is 151 cm³/mol. The number of amides is 2. The van der Waals surface area contributed by atoms with Crippen LogP contribution in [-0.2, 0) is 4.79 Å². The summed E-state index contributed by atoms with van der Waals surface area (Å²) in [7, 11) is 3.23. The molecule has 1 saturated heterocycles. The van der Waals surface area contributed by atoms with Crippen molar-refractivity contribution in [1.82, 2.24) is 20.0 Å². The lowest BCUT2D eigenvalue weighted by Crippen LogP contribution is -2.52. The highest BCUT2D eigenvalue weighted by atomic mass is 16.5. The molecule has 206 valence electrons. The van der Waals surface area contributed by atoms with E-state index in [9.17, 15) is 9.59 Å². The van der Waals surface area contributed by atoms with Crippen molar-refractivity contribution < 1.29 is 19.1 Å². The van der Waals surface area contributed by atoms with Crippen molar-refractivity contribution in [2.24, 2.45) is 5.92 Å². The van der Waals surface area contributed by atoms with Gasteiger partial charge < -0.3 is 24.2 Å². The molecule has 0 unspecified atom stereocenters. The van der Waals surface area contributed by atoms with E-state index in [4.69, 9.17) is 9.47 Å². The Morgan fingerprint density at radius 3 is 2.26 bits per heavy atom. The molecule has 0 aliphatic carbocycles. The maximum atomic E-state index is 13.3. The molecule has 39 heavy (non-hydrogen) atoms. The van der Waals surface area contributed by atoms with Gasteiger partial charge in [0.1, 0.15) is 18.0 Å². The average Bonchev–Trinajstić information content (AvgIpc) is 3.00. The first-order valence-electron chi connectivity index (χ1n) is 13.4. The Labute approximate surface area is 230 Å². The Bertz CT molecular complexity index is 1240. The quantitative estimate of drug-likeness (QED) is 0.391. The van der Waals surface area contributed by atoms with Gasteiger partial charge in [-0.1, -0.05) is 32.4 Å². The van der Waals surface area contributed by atoms with E-state index < -0.39 is 0 Å². The first-order valence-corrected chi connectivity index (χ1v) is 13.4. The van der Waals surface area contributed by atoms with E-state index in [0.717, 1.165) is 29.2 Å². The van der Waals surface area contributed by atoms with Crippen molar-refractivity contribution in [3.8, 4) is 22.8 Å². The molecule has 9 nitrogen and oxygen atoms in total. The third-order valence-corrected chi connectivity index (χ3v) is 7.15. The molecule has 2 amide bonds. The van der Waals surface area contributed by atoms with E-state index in [1.54, 1.807) is 43.4 Å². The zero-order chi connectivity index (χ0) is 27.8. The van der Waals surface area contributed by atoms with Crippen LogP contribution in [0.2, 0.25) is 0 Å². The van der Waals surface area contributed by atoms with E-state index >= 15 is 0 Å². The standard InChI is InChI=1S/C30H37N5O4/c1-5-22(2)20-35(30(37)23-9-11-25(38-3)12-10-23)21-29(36)34-17-15-33(16-18-34)28-14-13-27(31-32-28)24-7-6-8-26(19-24)39-4/h6-14,19,22H,5,15-18,20-21H2,1-4H3/t22-/m1/s1. The summed E-state index contributed by atoms with van der Waals surface area (Å²) in [6.07, 6.45) is 0.927. The number of ether oxygens (including phenoxy) is 2. The lowest BCUT2D eigenvalue weighted by molar-refractivity contribution is -0.132. The largest absolute Gasteiger partial charge is 0.497 e. The Balaban J connectivity index is 1.36. The van der Waals surface area contributed by atoms with Crippen molar-refractivity contribution in [3.05, 3.63) is 66.2 Å². The minimum Gasteiger partial charge on any atom is -0.497 e. The van der Waals surface area contributed by atoms with Gasteiger partial charge in [0.15, 0.2) is 5.82 Å². The molecular formula is C30H37N5O4. The van der Waals surface area contributed by atoms with Crippen LogP contribution in [0.4, 0.5) is 5.82 Å². The first kappa shape index (κ1) is 27.9. The van der Waals surface area contributed by atoms with Gasteiger partial charge in [-0.25, -0.2) is 0 Å². The van der Waals surface area contributed by atoms with Gasteiger partial charge in [-0.15, -0.1) is 10.2 Å². The van der Waals surface area contributed by atoms with E-state index in [1.165, 1.54) is 0 Å². The number of aromatic nitrogens is 2. The van der Waals surface area contributed by atoms with E-state index in [1.807, 2.05) is 41.3 Å². The minimum atomic E-state index is -0.142. The molecule has 0 radical (unpaired) electrons. The molecule has 2 heterocycles. The number of nitrogens with zero attached hydrogens (tertiary/aromatic N) is 5. The van der Waals surface area contributed by atoms with E-state index in [0.29, 0.717) is 44.0 Å². The summed E-state index contributed by atoms with van der Waals surface area (Å²) in [6.45, 7) is 7.20. The van der Waals surface area contributed by atoms with Crippen LogP contribution < -0.4 is 14.4 Å². The molecule has 0 spiro atoms. The lowest BCUT2D eigenvalue weighted by atomic mass is 10.1. The zero-order valence-electron chi connectivity index (χ0n) is 23.2. The molecule has 1 fully saturated rings. The number of rotatable bonds is 10. The summed E-state index contributed by atoms with van der Waals surface area (Å²) in [5.41, 5.74) is 2.26. The first-order chi connectivity index (χ1) is 18.9. The molecule has 4 rings (SSSR count). The Hall–Kier alpha value is -4.14. The monoisotopic (exact) mass is 531 g/mol. The summed E-state index contributed by atoms with van der Waals surface area (Å²) in [4.78, 5) is 32.2. The number of hydrogen-bond donors (Lipinski definition) is 0. The molecular weight excluding hydrogens is 494 g/mol. The fourth-order valence-electron chi connectivity index (χ4n) is 4.52. The smallest absolute Gasteiger partial charge is 0.254 e. The number of methoxy groups -OCH3 is 2. The Morgan fingerprint density at radius 2 is 1.64 bits per heavy atom. The van der Waals surface area contributed by atoms with Gasteiger partial charge in [-0.05, 0) is 54.4 Å². The molecule has 1 atom stereocenters. The summed E-state index contributed by atoms with van der Waals surface area (Å²) in [6, 6.07) is 18.7. The van der Waals surface area contributed by atoms with Gasteiger partial charge in [0, 0.05) is 43.9 Å². The van der Waals surface area contributed by atoms with Crippen LogP contribution in [0.15, 0.2) is 60.7 Å². The van der Waals surface area contributed by atoms with Crippen LogP contribution >= 0.6 is 0 Å². The SMILES string of the molecule is CC[C@@H](C)CN(CC(=O)N1CCN(c2ccc(-c3cccc(OC)c3)nn2)CC1)C(=O)c1ccc(OC)cc1. The number of carbonyl (C=O) groups excluding carboxylic acids is 2. The summed E-state index contributed by atoms with van der Waals surface area (Å²) < 4.78 is 10.5. The maximum Gasteiger partial charge on any atom is 0.254 e. The number of hydrogen-bond acceptors (Lipinski definition) is 7. The lowest BCUT2D eigenvalue weighted by Gasteiger charge is -2.36. The van der Waals surface area contributed by atoms with Gasteiger partial charge in [0.05, 0.1) is 19.9 Å². The van der Waals surface area contributed by atoms with E-state index in [2.05, 4.69) is 28.9 Å². The average molecular weight is 532 g/mol. The highest BCUT2D eigenvalue weighted by Gasteiger charge is 2.26. The minimum absolute atomic E-state index is 0.0423. The molecule has 0 N–H and O–H groups in total. The molecule has 1 aromatic heterocycles. The number of anilines is 1. The zero-order valence-corrected chi connectivity index (χ0v) is 23.2. The van der Waals surface area contributed by atoms with Crippen LogP contribution in [0.5, 0.6) is 11.5 Å². The molecule has 1 aliphatic heterocycles. The van der Waals surface area contributed by atoms with Crippen molar-refractivity contribution in [2.45, 2.75) is 20.3 Å². The third-order valence-electron chi connectivity index (χ3n) is 7.15. The molecule has 1 aliphatic rings. The Kier molecular flexibility index (Phi) is 9.35. The van der Waals surface area contributed by atoms with Crippen molar-refractivity contribution in [1.29, 1.82) is 0 Å². The van der Waals surface area contributed by atoms with Crippen LogP contribution in [0, 0.1) is 5.92 Å². The third kappa shape index (κ3) is 7.04. The van der Waals surface area contributed by atoms with Gasteiger partial charge in [0.25, 0.3) is 5.91 Å². The van der Waals surface area contributed by atoms with Crippen molar-refractivity contribution in [3.63, 3.8) is 0 Å². The molecule has 2 aromatic carbocycles.